The third kappa shape index (κ3) is 4.13. The summed E-state index contributed by atoms with van der Waals surface area (Å²) in [6.07, 6.45) is 5.36. The minimum atomic E-state index is -1.07. The molecule has 21 heavy (non-hydrogen) atoms. The number of carbonyl (C=O) groups excluding carboxylic acids is 1. The number of hydrogen-bond acceptors (Lipinski definition) is 4. The number of carbonyl (C=O) groups is 2. The van der Waals surface area contributed by atoms with Gasteiger partial charge in [0.2, 0.25) is 0 Å². The third-order valence-electron chi connectivity index (χ3n) is 3.47. The van der Waals surface area contributed by atoms with Crippen molar-refractivity contribution >= 4 is 18.0 Å². The SMILES string of the molecule is CC1(NC(=O)c2ncccc2/C=C/C(=O)O)CCOCC1. The van der Waals surface area contributed by atoms with E-state index in [-0.39, 0.29) is 17.1 Å². The standard InChI is InChI=1S/C15H18N2O4/c1-15(6-9-21-10-7-15)17-14(20)13-11(3-2-8-16-13)4-5-12(18)19/h2-5,8H,6-7,9-10H2,1H3,(H,17,20)(H,18,19)/b5-4+. The van der Waals surface area contributed by atoms with Crippen molar-refractivity contribution in [3.63, 3.8) is 0 Å². The van der Waals surface area contributed by atoms with Gasteiger partial charge < -0.3 is 15.2 Å². The van der Waals surface area contributed by atoms with Crippen molar-refractivity contribution in [1.29, 1.82) is 0 Å². The van der Waals surface area contributed by atoms with Gasteiger partial charge >= 0.3 is 5.97 Å². The fourth-order valence-corrected chi connectivity index (χ4v) is 2.18. The van der Waals surface area contributed by atoms with Crippen LogP contribution in [0.4, 0.5) is 0 Å². The van der Waals surface area contributed by atoms with Crippen LogP contribution in [-0.4, -0.2) is 40.7 Å². The van der Waals surface area contributed by atoms with E-state index in [2.05, 4.69) is 10.3 Å². The zero-order chi connectivity index (χ0) is 15.3. The lowest BCUT2D eigenvalue weighted by Gasteiger charge is -2.34. The first kappa shape index (κ1) is 15.2. The van der Waals surface area contributed by atoms with Crippen LogP contribution >= 0.6 is 0 Å². The van der Waals surface area contributed by atoms with Crippen LogP contribution in [0.15, 0.2) is 24.4 Å². The molecule has 0 atom stereocenters. The molecule has 1 aliphatic heterocycles. The Morgan fingerprint density at radius 3 is 2.81 bits per heavy atom. The quantitative estimate of drug-likeness (QED) is 0.820. The monoisotopic (exact) mass is 290 g/mol. The number of ether oxygens (including phenoxy) is 1. The van der Waals surface area contributed by atoms with Gasteiger partial charge in [0.1, 0.15) is 5.69 Å². The fourth-order valence-electron chi connectivity index (χ4n) is 2.18. The van der Waals surface area contributed by atoms with Crippen molar-refractivity contribution in [2.75, 3.05) is 13.2 Å². The van der Waals surface area contributed by atoms with E-state index >= 15 is 0 Å². The van der Waals surface area contributed by atoms with Gasteiger partial charge in [-0.1, -0.05) is 6.07 Å². The first-order valence-corrected chi connectivity index (χ1v) is 6.76. The molecule has 0 unspecified atom stereocenters. The van der Waals surface area contributed by atoms with Crippen LogP contribution in [0.2, 0.25) is 0 Å². The number of amides is 1. The number of aliphatic carboxylic acids is 1. The Labute approximate surface area is 122 Å². The summed E-state index contributed by atoms with van der Waals surface area (Å²) in [7, 11) is 0. The first-order chi connectivity index (χ1) is 10.0. The highest BCUT2D eigenvalue weighted by Gasteiger charge is 2.30. The fraction of sp³-hybridized carbons (Fsp3) is 0.400. The summed E-state index contributed by atoms with van der Waals surface area (Å²) in [5.41, 5.74) is 0.386. The molecule has 1 aromatic rings. The van der Waals surface area contributed by atoms with E-state index < -0.39 is 5.97 Å². The Hall–Kier alpha value is -2.21. The smallest absolute Gasteiger partial charge is 0.328 e. The van der Waals surface area contributed by atoms with Crippen LogP contribution in [0.25, 0.3) is 6.08 Å². The van der Waals surface area contributed by atoms with E-state index in [9.17, 15) is 9.59 Å². The van der Waals surface area contributed by atoms with E-state index in [1.165, 1.54) is 12.3 Å². The largest absolute Gasteiger partial charge is 0.478 e. The average Bonchev–Trinajstić information content (AvgIpc) is 2.45. The molecule has 0 spiro atoms. The van der Waals surface area contributed by atoms with Gasteiger partial charge in [0, 0.05) is 36.6 Å². The second-order valence-electron chi connectivity index (χ2n) is 5.24. The zero-order valence-corrected chi connectivity index (χ0v) is 11.8. The molecule has 112 valence electrons. The number of pyridine rings is 1. The molecule has 1 saturated heterocycles. The molecule has 0 aliphatic carbocycles. The zero-order valence-electron chi connectivity index (χ0n) is 11.8. The molecule has 2 rings (SSSR count). The van der Waals surface area contributed by atoms with Crippen LogP contribution in [0.5, 0.6) is 0 Å². The molecular formula is C15H18N2O4. The van der Waals surface area contributed by atoms with Gasteiger partial charge in [0.15, 0.2) is 0 Å². The lowest BCUT2D eigenvalue weighted by molar-refractivity contribution is -0.131. The Balaban J connectivity index is 2.17. The number of rotatable bonds is 4. The van der Waals surface area contributed by atoms with Crippen molar-refractivity contribution < 1.29 is 19.4 Å². The van der Waals surface area contributed by atoms with Crippen LogP contribution in [0.3, 0.4) is 0 Å². The van der Waals surface area contributed by atoms with Crippen molar-refractivity contribution in [3.8, 4) is 0 Å². The molecule has 6 nitrogen and oxygen atoms in total. The lowest BCUT2D eigenvalue weighted by Crippen LogP contribution is -2.49. The third-order valence-corrected chi connectivity index (χ3v) is 3.47. The summed E-state index contributed by atoms with van der Waals surface area (Å²) in [6.45, 7) is 3.21. The summed E-state index contributed by atoms with van der Waals surface area (Å²) in [4.78, 5) is 27.1. The van der Waals surface area contributed by atoms with E-state index in [0.29, 0.717) is 18.8 Å². The molecule has 0 aromatic carbocycles. The maximum absolute atomic E-state index is 12.4. The van der Waals surface area contributed by atoms with Gasteiger partial charge in [-0.15, -0.1) is 0 Å². The molecular weight excluding hydrogens is 272 g/mol. The molecule has 2 N–H and O–H groups in total. The number of carboxylic acids is 1. The second-order valence-corrected chi connectivity index (χ2v) is 5.24. The van der Waals surface area contributed by atoms with Crippen LogP contribution < -0.4 is 5.32 Å². The Morgan fingerprint density at radius 1 is 1.43 bits per heavy atom. The minimum absolute atomic E-state index is 0.225. The molecule has 1 fully saturated rings. The molecule has 2 heterocycles. The maximum atomic E-state index is 12.4. The van der Waals surface area contributed by atoms with Gasteiger partial charge in [0.05, 0.1) is 0 Å². The predicted octanol–water partition coefficient (Wildman–Crippen LogP) is 1.48. The first-order valence-electron chi connectivity index (χ1n) is 6.76. The molecule has 0 saturated carbocycles. The number of carboxylic acid groups (broad SMARTS) is 1. The van der Waals surface area contributed by atoms with Crippen molar-refractivity contribution in [2.45, 2.75) is 25.3 Å². The van der Waals surface area contributed by atoms with Gasteiger partial charge in [-0.3, -0.25) is 9.78 Å². The Bertz CT molecular complexity index is 563. The molecule has 0 bridgehead atoms. The summed E-state index contributed by atoms with van der Waals surface area (Å²) in [5, 5.41) is 11.7. The van der Waals surface area contributed by atoms with E-state index in [0.717, 1.165) is 18.9 Å². The maximum Gasteiger partial charge on any atom is 0.328 e. The second kappa shape index (κ2) is 6.49. The highest BCUT2D eigenvalue weighted by molar-refractivity contribution is 5.97. The van der Waals surface area contributed by atoms with E-state index in [1.54, 1.807) is 12.1 Å². The summed E-state index contributed by atoms with van der Waals surface area (Å²) in [5.74, 6) is -1.37. The Morgan fingerprint density at radius 2 is 2.14 bits per heavy atom. The van der Waals surface area contributed by atoms with Gasteiger partial charge in [-0.25, -0.2) is 4.79 Å². The van der Waals surface area contributed by atoms with Crippen molar-refractivity contribution in [3.05, 3.63) is 35.7 Å². The van der Waals surface area contributed by atoms with Crippen LogP contribution in [0, 0.1) is 0 Å². The van der Waals surface area contributed by atoms with Crippen LogP contribution in [-0.2, 0) is 9.53 Å². The van der Waals surface area contributed by atoms with Gasteiger partial charge in [-0.2, -0.15) is 0 Å². The summed E-state index contributed by atoms with van der Waals surface area (Å²) >= 11 is 0. The summed E-state index contributed by atoms with van der Waals surface area (Å²) in [6, 6.07) is 3.32. The number of hydrogen-bond donors (Lipinski definition) is 2. The van der Waals surface area contributed by atoms with Crippen molar-refractivity contribution in [2.24, 2.45) is 0 Å². The van der Waals surface area contributed by atoms with Gasteiger partial charge in [-0.05, 0) is 31.9 Å². The van der Waals surface area contributed by atoms with Gasteiger partial charge in [0.25, 0.3) is 5.91 Å². The van der Waals surface area contributed by atoms with E-state index in [4.69, 9.17) is 9.84 Å². The normalized spacial score (nSPS) is 17.6. The number of nitrogens with zero attached hydrogens (tertiary/aromatic N) is 1. The van der Waals surface area contributed by atoms with Crippen molar-refractivity contribution in [1.82, 2.24) is 10.3 Å². The summed E-state index contributed by atoms with van der Waals surface area (Å²) < 4.78 is 5.30. The molecule has 1 aliphatic rings. The highest BCUT2D eigenvalue weighted by atomic mass is 16.5. The minimum Gasteiger partial charge on any atom is -0.478 e. The molecule has 0 radical (unpaired) electrons. The molecule has 1 aromatic heterocycles. The Kier molecular flexibility index (Phi) is 4.70. The van der Waals surface area contributed by atoms with E-state index in [1.807, 2.05) is 6.92 Å². The van der Waals surface area contributed by atoms with Crippen LogP contribution in [0.1, 0.15) is 35.8 Å². The molecule has 6 heteroatoms. The predicted molar refractivity (Wildman–Crippen MR) is 76.8 cm³/mol. The number of nitrogens with one attached hydrogen (secondary N) is 1. The lowest BCUT2D eigenvalue weighted by atomic mass is 9.92. The average molecular weight is 290 g/mol. The number of aromatic nitrogens is 1. The highest BCUT2D eigenvalue weighted by Crippen LogP contribution is 2.20. The molecule has 1 amide bonds. The topological polar surface area (TPSA) is 88.5 Å².